The van der Waals surface area contributed by atoms with Gasteiger partial charge in [0.1, 0.15) is 5.01 Å². The fourth-order valence-corrected chi connectivity index (χ4v) is 3.88. The average molecular weight is 355 g/mol. The molecule has 4 nitrogen and oxygen atoms in total. The summed E-state index contributed by atoms with van der Waals surface area (Å²) in [6.45, 7) is 2.44. The quantitative estimate of drug-likeness (QED) is 0.698. The molecule has 0 aliphatic carbocycles. The van der Waals surface area contributed by atoms with Crippen LogP contribution in [0.3, 0.4) is 0 Å². The zero-order valence-corrected chi connectivity index (χ0v) is 15.1. The van der Waals surface area contributed by atoms with Crippen molar-refractivity contribution in [1.29, 1.82) is 0 Å². The second-order valence-corrected chi connectivity index (χ2v) is 7.08. The maximum atomic E-state index is 12.4. The normalized spacial score (nSPS) is 10.6. The molecule has 0 aliphatic rings. The van der Waals surface area contributed by atoms with Crippen LogP contribution in [-0.4, -0.2) is 22.1 Å². The maximum Gasteiger partial charge on any atom is 0.252 e. The van der Waals surface area contributed by atoms with Crippen molar-refractivity contribution < 1.29 is 4.79 Å². The summed E-state index contributed by atoms with van der Waals surface area (Å²) in [7, 11) is 0. The number of thioether (sulfide) groups is 1. The van der Waals surface area contributed by atoms with Gasteiger partial charge in [0, 0.05) is 27.7 Å². The highest BCUT2D eigenvalue weighted by molar-refractivity contribution is 7.98. The van der Waals surface area contributed by atoms with E-state index in [1.54, 1.807) is 35.5 Å². The summed E-state index contributed by atoms with van der Waals surface area (Å²) >= 11 is 3.16. The summed E-state index contributed by atoms with van der Waals surface area (Å²) in [6.07, 6.45) is 5.52. The number of hydrogen-bond acceptors (Lipinski definition) is 5. The molecule has 0 bridgehead atoms. The third-order valence-corrected chi connectivity index (χ3v) is 5.56. The van der Waals surface area contributed by atoms with E-state index in [-0.39, 0.29) is 5.91 Å². The van der Waals surface area contributed by atoms with Crippen LogP contribution >= 0.6 is 23.1 Å². The van der Waals surface area contributed by atoms with E-state index < -0.39 is 0 Å². The smallest absolute Gasteiger partial charge is 0.252 e. The zero-order valence-electron chi connectivity index (χ0n) is 13.4. The van der Waals surface area contributed by atoms with Crippen molar-refractivity contribution in [1.82, 2.24) is 15.3 Å². The summed E-state index contributed by atoms with van der Waals surface area (Å²) in [4.78, 5) is 23.2. The van der Waals surface area contributed by atoms with E-state index in [1.807, 2.05) is 49.6 Å². The minimum Gasteiger partial charge on any atom is -0.347 e. The van der Waals surface area contributed by atoms with Crippen LogP contribution in [0, 0.1) is 6.92 Å². The highest BCUT2D eigenvalue weighted by atomic mass is 32.2. The average Bonchev–Trinajstić information content (AvgIpc) is 3.01. The van der Waals surface area contributed by atoms with Gasteiger partial charge in [0.25, 0.3) is 5.91 Å². The summed E-state index contributed by atoms with van der Waals surface area (Å²) in [5.41, 5.74) is 2.65. The Balaban J connectivity index is 1.73. The summed E-state index contributed by atoms with van der Waals surface area (Å²) < 4.78 is 0. The number of aromatic nitrogens is 2. The van der Waals surface area contributed by atoms with E-state index in [9.17, 15) is 4.79 Å². The molecular weight excluding hydrogens is 338 g/mol. The molecule has 0 spiro atoms. The zero-order chi connectivity index (χ0) is 16.9. The van der Waals surface area contributed by atoms with Crippen molar-refractivity contribution >= 4 is 29.0 Å². The van der Waals surface area contributed by atoms with Crippen LogP contribution in [0.25, 0.3) is 10.6 Å². The number of nitrogens with one attached hydrogen (secondary N) is 1. The number of nitrogens with zero attached hydrogens (tertiary/aromatic N) is 2. The third-order valence-electron chi connectivity index (χ3n) is 3.56. The molecule has 0 aliphatic heterocycles. The number of pyridine rings is 1. The molecule has 122 valence electrons. The Kier molecular flexibility index (Phi) is 5.27. The van der Waals surface area contributed by atoms with Crippen molar-refractivity contribution in [2.75, 3.05) is 6.26 Å². The standard InChI is InChI=1S/C18H17N3OS2/c1-12-16(24-18(21-12)13-6-5-9-19-10-13)11-20-17(22)14-7-3-4-8-15(14)23-2/h3-10H,11H2,1-2H3,(H,20,22). The molecule has 2 heterocycles. The topological polar surface area (TPSA) is 54.9 Å². The van der Waals surface area contributed by atoms with Crippen LogP contribution < -0.4 is 5.32 Å². The second kappa shape index (κ2) is 7.59. The van der Waals surface area contributed by atoms with Gasteiger partial charge >= 0.3 is 0 Å². The number of carbonyl (C=O) groups is 1. The molecule has 24 heavy (non-hydrogen) atoms. The molecule has 3 aromatic rings. The third kappa shape index (κ3) is 3.66. The van der Waals surface area contributed by atoms with Gasteiger partial charge in [0.2, 0.25) is 0 Å². The molecule has 0 saturated heterocycles. The first-order valence-corrected chi connectivity index (χ1v) is 9.51. The molecule has 3 rings (SSSR count). The van der Waals surface area contributed by atoms with Gasteiger partial charge in [0.05, 0.1) is 17.8 Å². The number of hydrogen-bond donors (Lipinski definition) is 1. The Labute approximate surface area is 149 Å². The molecule has 0 atom stereocenters. The Morgan fingerprint density at radius 3 is 2.83 bits per heavy atom. The van der Waals surface area contributed by atoms with E-state index >= 15 is 0 Å². The molecule has 0 unspecified atom stereocenters. The van der Waals surface area contributed by atoms with Crippen LogP contribution in [0.15, 0.2) is 53.7 Å². The lowest BCUT2D eigenvalue weighted by molar-refractivity contribution is 0.0948. The van der Waals surface area contributed by atoms with E-state index in [1.165, 1.54) is 0 Å². The first kappa shape index (κ1) is 16.7. The lowest BCUT2D eigenvalue weighted by Crippen LogP contribution is -2.23. The van der Waals surface area contributed by atoms with E-state index in [4.69, 9.17) is 0 Å². The number of benzene rings is 1. The van der Waals surface area contributed by atoms with Gasteiger partial charge in [-0.15, -0.1) is 23.1 Å². The molecule has 1 aromatic carbocycles. The number of carbonyl (C=O) groups excluding carboxylic acids is 1. The number of rotatable bonds is 5. The lowest BCUT2D eigenvalue weighted by atomic mass is 10.2. The predicted molar refractivity (Wildman–Crippen MR) is 99.5 cm³/mol. The summed E-state index contributed by atoms with van der Waals surface area (Å²) in [6, 6.07) is 11.5. The van der Waals surface area contributed by atoms with Gasteiger partial charge in [-0.2, -0.15) is 0 Å². The number of thiazole rings is 1. The molecule has 0 saturated carbocycles. The van der Waals surface area contributed by atoms with Crippen LogP contribution in [0.1, 0.15) is 20.9 Å². The summed E-state index contributed by atoms with van der Waals surface area (Å²) in [5, 5.41) is 3.92. The van der Waals surface area contributed by atoms with Gasteiger partial charge in [-0.3, -0.25) is 9.78 Å². The molecule has 1 N–H and O–H groups in total. The van der Waals surface area contributed by atoms with E-state index in [0.717, 1.165) is 26.0 Å². The molecule has 1 amide bonds. The Morgan fingerprint density at radius 1 is 1.25 bits per heavy atom. The minimum absolute atomic E-state index is 0.0596. The Hall–Kier alpha value is -2.18. The van der Waals surface area contributed by atoms with Gasteiger partial charge in [-0.05, 0) is 37.4 Å². The first-order chi connectivity index (χ1) is 11.7. The molecular formula is C18H17N3OS2. The SMILES string of the molecule is CSc1ccccc1C(=O)NCc1sc(-c2cccnc2)nc1C. The molecule has 2 aromatic heterocycles. The number of amides is 1. The van der Waals surface area contributed by atoms with Crippen LogP contribution in [0.5, 0.6) is 0 Å². The Bertz CT molecular complexity index is 846. The van der Waals surface area contributed by atoms with Crippen molar-refractivity contribution in [3.63, 3.8) is 0 Å². The van der Waals surface area contributed by atoms with Crippen LogP contribution in [-0.2, 0) is 6.54 Å². The lowest BCUT2D eigenvalue weighted by Gasteiger charge is -2.07. The van der Waals surface area contributed by atoms with E-state index in [2.05, 4.69) is 15.3 Å². The summed E-state index contributed by atoms with van der Waals surface area (Å²) in [5.74, 6) is -0.0596. The molecule has 6 heteroatoms. The van der Waals surface area contributed by atoms with Gasteiger partial charge in [-0.25, -0.2) is 4.98 Å². The van der Waals surface area contributed by atoms with E-state index in [0.29, 0.717) is 12.1 Å². The van der Waals surface area contributed by atoms with Gasteiger partial charge in [-0.1, -0.05) is 12.1 Å². The van der Waals surface area contributed by atoms with Crippen molar-refractivity contribution in [3.8, 4) is 10.6 Å². The second-order valence-electron chi connectivity index (χ2n) is 5.15. The Morgan fingerprint density at radius 2 is 2.08 bits per heavy atom. The molecule has 0 fully saturated rings. The highest BCUT2D eigenvalue weighted by Crippen LogP contribution is 2.27. The van der Waals surface area contributed by atoms with Crippen molar-refractivity contribution in [2.24, 2.45) is 0 Å². The van der Waals surface area contributed by atoms with Crippen molar-refractivity contribution in [2.45, 2.75) is 18.4 Å². The fraction of sp³-hybridized carbons (Fsp3) is 0.167. The van der Waals surface area contributed by atoms with Crippen LogP contribution in [0.4, 0.5) is 0 Å². The number of aryl methyl sites for hydroxylation is 1. The highest BCUT2D eigenvalue weighted by Gasteiger charge is 2.13. The molecule has 0 radical (unpaired) electrons. The predicted octanol–water partition coefficient (Wildman–Crippen LogP) is 4.17. The first-order valence-electron chi connectivity index (χ1n) is 7.47. The van der Waals surface area contributed by atoms with Gasteiger partial charge in [0.15, 0.2) is 0 Å². The monoisotopic (exact) mass is 355 g/mol. The van der Waals surface area contributed by atoms with Crippen molar-refractivity contribution in [3.05, 3.63) is 64.9 Å². The maximum absolute atomic E-state index is 12.4. The fourth-order valence-electron chi connectivity index (χ4n) is 2.29. The van der Waals surface area contributed by atoms with Gasteiger partial charge < -0.3 is 5.32 Å². The minimum atomic E-state index is -0.0596. The van der Waals surface area contributed by atoms with Crippen LogP contribution in [0.2, 0.25) is 0 Å². The largest absolute Gasteiger partial charge is 0.347 e.